The van der Waals surface area contributed by atoms with E-state index in [0.717, 1.165) is 36.2 Å². The zero-order valence-corrected chi connectivity index (χ0v) is 24.1. The molecule has 0 aliphatic carbocycles. The summed E-state index contributed by atoms with van der Waals surface area (Å²) in [6.07, 6.45) is 9.36. The molecular weight excluding hydrogens is 534 g/mol. The van der Waals surface area contributed by atoms with Gasteiger partial charge in [-0.25, -0.2) is 4.98 Å². The minimum Gasteiger partial charge on any atom is -0.497 e. The number of carbonyl (C=O) groups is 2. The maximum atomic E-state index is 13.7. The Bertz CT molecular complexity index is 1520. The number of hydrogen-bond donors (Lipinski definition) is 2. The molecule has 4 aliphatic heterocycles. The van der Waals surface area contributed by atoms with Crippen LogP contribution in [0.2, 0.25) is 0 Å². The van der Waals surface area contributed by atoms with Crippen molar-refractivity contribution in [3.63, 3.8) is 0 Å². The summed E-state index contributed by atoms with van der Waals surface area (Å²) in [6.45, 7) is 5.72. The third kappa shape index (κ3) is 4.73. The van der Waals surface area contributed by atoms with E-state index in [0.29, 0.717) is 42.7 Å². The molecule has 5 heterocycles. The number of likely N-dealkylation sites (tertiary alicyclic amines) is 1. The number of piperidine rings is 1. The number of aromatic nitrogens is 1. The van der Waals surface area contributed by atoms with Gasteiger partial charge in [0.15, 0.2) is 0 Å². The lowest BCUT2D eigenvalue weighted by molar-refractivity contribution is -0.750. The van der Waals surface area contributed by atoms with Crippen LogP contribution in [0.4, 0.5) is 5.82 Å². The second-order valence-corrected chi connectivity index (χ2v) is 11.4. The maximum absolute atomic E-state index is 13.7. The van der Waals surface area contributed by atoms with E-state index in [1.807, 2.05) is 23.2 Å². The predicted molar refractivity (Wildman–Crippen MR) is 158 cm³/mol. The summed E-state index contributed by atoms with van der Waals surface area (Å²) in [4.78, 5) is 42.2. The number of carbonyl (C=O) groups excluding carboxylic acids is 2. The number of amidine groups is 1. The summed E-state index contributed by atoms with van der Waals surface area (Å²) < 4.78 is 10.5. The van der Waals surface area contributed by atoms with Crippen molar-refractivity contribution in [3.8, 4) is 5.75 Å². The van der Waals surface area contributed by atoms with E-state index in [-0.39, 0.29) is 28.4 Å². The third-order valence-electron chi connectivity index (χ3n) is 8.85. The van der Waals surface area contributed by atoms with Crippen molar-refractivity contribution in [3.05, 3.63) is 77.5 Å². The van der Waals surface area contributed by atoms with E-state index in [4.69, 9.17) is 20.3 Å². The van der Waals surface area contributed by atoms with Crippen LogP contribution in [0, 0.1) is 11.3 Å². The smallest absolute Gasteiger partial charge is 0.264 e. The number of pyridine rings is 1. The molecule has 3 atom stereocenters. The first kappa shape index (κ1) is 28.0. The van der Waals surface area contributed by atoms with Crippen LogP contribution in [0.5, 0.6) is 5.75 Å². The number of amides is 2. The molecule has 0 radical (unpaired) electrons. The summed E-state index contributed by atoms with van der Waals surface area (Å²) in [5.41, 5.74) is 2.48. The molecule has 0 bridgehead atoms. The summed E-state index contributed by atoms with van der Waals surface area (Å²) in [5.74, 6) is 8.52. The van der Waals surface area contributed by atoms with Gasteiger partial charge in [0.25, 0.3) is 11.7 Å². The molecule has 6 rings (SSSR count). The van der Waals surface area contributed by atoms with Crippen LogP contribution in [0.15, 0.2) is 76.4 Å². The van der Waals surface area contributed by atoms with E-state index in [2.05, 4.69) is 29.1 Å². The maximum Gasteiger partial charge on any atom is 0.264 e. The fraction of sp³-hybridized carbons (Fsp3) is 0.387. The monoisotopic (exact) mass is 570 g/mol. The van der Waals surface area contributed by atoms with Gasteiger partial charge in [0.05, 0.1) is 43.7 Å². The fourth-order valence-electron chi connectivity index (χ4n) is 6.02. The number of nitrogens with one attached hydrogen (secondary N) is 1. The SMILES string of the molecule is CCC1(C(=O)N2CC(C3=C4C=NC=C[N+]4(N)C(c4ccc(C(=O)Nc5cc(OC)ccn5)cc4)=N3)CCC2C)COC1. The molecule has 1 aromatic carbocycles. The van der Waals surface area contributed by atoms with Gasteiger partial charge >= 0.3 is 0 Å². The highest BCUT2D eigenvalue weighted by Gasteiger charge is 2.50. The van der Waals surface area contributed by atoms with E-state index in [1.165, 1.54) is 0 Å². The summed E-state index contributed by atoms with van der Waals surface area (Å²) in [6, 6.07) is 10.7. The number of nitrogens with two attached hydrogens (primary N) is 1. The number of hydrogen-bond acceptors (Lipinski definition) is 8. The van der Waals surface area contributed by atoms with Gasteiger partial charge < -0.3 is 19.7 Å². The predicted octanol–water partition coefficient (Wildman–Crippen LogP) is 3.61. The van der Waals surface area contributed by atoms with Crippen molar-refractivity contribution in [2.24, 2.45) is 27.2 Å². The van der Waals surface area contributed by atoms with Crippen LogP contribution in [0.25, 0.3) is 0 Å². The Morgan fingerprint density at radius 3 is 2.69 bits per heavy atom. The zero-order valence-electron chi connectivity index (χ0n) is 24.1. The molecule has 2 aromatic rings. The lowest BCUT2D eigenvalue weighted by Gasteiger charge is -2.47. The van der Waals surface area contributed by atoms with Gasteiger partial charge in [-0.05, 0) is 56.5 Å². The van der Waals surface area contributed by atoms with Crippen LogP contribution in [-0.4, -0.2) is 71.3 Å². The highest BCUT2D eigenvalue weighted by molar-refractivity contribution is 6.05. The summed E-state index contributed by atoms with van der Waals surface area (Å²) in [7, 11) is 1.56. The molecule has 11 heteroatoms. The Hall–Kier alpha value is -4.19. The van der Waals surface area contributed by atoms with Crippen molar-refractivity contribution in [2.45, 2.75) is 39.2 Å². The number of nitrogens with zero attached hydrogens (tertiary/aromatic N) is 5. The lowest BCUT2D eigenvalue weighted by Crippen LogP contribution is -2.59. The first-order chi connectivity index (χ1) is 20.3. The number of aliphatic imine (C=N–C) groups is 2. The van der Waals surface area contributed by atoms with Crippen LogP contribution in [0.1, 0.15) is 49.0 Å². The van der Waals surface area contributed by atoms with Crippen molar-refractivity contribution >= 4 is 29.7 Å². The highest BCUT2D eigenvalue weighted by atomic mass is 16.5. The van der Waals surface area contributed by atoms with Gasteiger partial charge in [0.2, 0.25) is 11.6 Å². The zero-order chi connectivity index (χ0) is 29.5. The number of ether oxygens (including phenoxy) is 2. The molecule has 42 heavy (non-hydrogen) atoms. The minimum atomic E-state index is -0.419. The normalized spacial score (nSPS) is 25.9. The lowest BCUT2D eigenvalue weighted by atomic mass is 9.79. The first-order valence-electron chi connectivity index (χ1n) is 14.3. The topological polar surface area (TPSA) is 132 Å². The third-order valence-corrected chi connectivity index (χ3v) is 8.85. The van der Waals surface area contributed by atoms with Crippen LogP contribution in [0.3, 0.4) is 0 Å². The van der Waals surface area contributed by atoms with Gasteiger partial charge in [0, 0.05) is 36.3 Å². The fourth-order valence-corrected chi connectivity index (χ4v) is 6.02. The average Bonchev–Trinajstić information content (AvgIpc) is 3.30. The molecule has 0 saturated carbocycles. The van der Waals surface area contributed by atoms with E-state index < -0.39 is 5.41 Å². The Morgan fingerprint density at radius 2 is 2.00 bits per heavy atom. The molecule has 3 unspecified atom stereocenters. The van der Waals surface area contributed by atoms with Crippen LogP contribution < -0.4 is 15.9 Å². The number of allylic oxidation sites excluding steroid dienone is 1. The molecule has 1 aromatic heterocycles. The molecule has 2 fully saturated rings. The average molecular weight is 571 g/mol. The molecular formula is C31H36N7O4+. The molecule has 0 spiro atoms. The Balaban J connectivity index is 1.25. The number of methoxy groups -OCH3 is 1. The van der Waals surface area contributed by atoms with Gasteiger partial charge in [-0.2, -0.15) is 10.8 Å². The van der Waals surface area contributed by atoms with Crippen LogP contribution >= 0.6 is 0 Å². The van der Waals surface area contributed by atoms with E-state index >= 15 is 0 Å². The Labute approximate surface area is 245 Å². The van der Waals surface area contributed by atoms with Gasteiger partial charge in [-0.1, -0.05) is 6.92 Å². The number of benzene rings is 1. The van der Waals surface area contributed by atoms with Gasteiger partial charge in [-0.15, -0.1) is 4.59 Å². The van der Waals surface area contributed by atoms with Gasteiger partial charge in [0.1, 0.15) is 23.5 Å². The van der Waals surface area contributed by atoms with Gasteiger partial charge in [-0.3, -0.25) is 14.6 Å². The number of rotatable bonds is 7. The molecule has 3 N–H and O–H groups in total. The number of anilines is 1. The second kappa shape index (κ2) is 10.9. The molecule has 4 aliphatic rings. The van der Waals surface area contributed by atoms with Crippen LogP contribution in [-0.2, 0) is 9.53 Å². The largest absolute Gasteiger partial charge is 0.497 e. The highest BCUT2D eigenvalue weighted by Crippen LogP contribution is 2.41. The minimum absolute atomic E-state index is 0.0203. The van der Waals surface area contributed by atoms with E-state index in [9.17, 15) is 9.59 Å². The second-order valence-electron chi connectivity index (χ2n) is 11.4. The molecule has 2 amide bonds. The number of fused-ring (bicyclic) bond motifs is 1. The summed E-state index contributed by atoms with van der Waals surface area (Å²) in [5, 5.41) is 2.80. The van der Waals surface area contributed by atoms with Crippen molar-refractivity contribution in [1.82, 2.24) is 9.88 Å². The summed E-state index contributed by atoms with van der Waals surface area (Å²) >= 11 is 0. The van der Waals surface area contributed by atoms with Crippen molar-refractivity contribution in [1.29, 1.82) is 0 Å². The molecule has 11 nitrogen and oxygen atoms in total. The molecule has 218 valence electrons. The Kier molecular flexibility index (Phi) is 7.25. The van der Waals surface area contributed by atoms with E-state index in [1.54, 1.807) is 50.0 Å². The Morgan fingerprint density at radius 1 is 1.21 bits per heavy atom. The van der Waals surface area contributed by atoms with Crippen molar-refractivity contribution < 1.29 is 23.7 Å². The van der Waals surface area contributed by atoms with Crippen molar-refractivity contribution in [2.75, 3.05) is 32.2 Å². The standard InChI is InChI=1S/C31H35N7O4/c1-4-31(18-42-19-31)30(40)37-17-23(6-5-20(37)2)27-25-16-33-13-14-38(25,32)28(36-27)21-7-9-22(10-8-21)29(39)35-26-15-24(41-3)11-12-34-26/h7-16,20,23H,4-6,17-19,32H2,1-3H3/p+1. The number of quaternary nitrogens is 1. The first-order valence-corrected chi connectivity index (χ1v) is 14.3. The molecule has 2 saturated heterocycles. The quantitative estimate of drug-likeness (QED) is 0.386.